The zero-order chi connectivity index (χ0) is 12.8. The second-order valence-electron chi connectivity index (χ2n) is 3.87. The Morgan fingerprint density at radius 3 is 2.88 bits per heavy atom. The van der Waals surface area contributed by atoms with Crippen molar-refractivity contribution >= 4 is 35.0 Å². The molecule has 1 rings (SSSR count). The van der Waals surface area contributed by atoms with Gasteiger partial charge in [0.2, 0.25) is 5.91 Å². The number of hydrogen-bond donors (Lipinski definition) is 2. The molecule has 0 aliphatic heterocycles. The molecule has 1 aromatic carbocycles. The van der Waals surface area contributed by atoms with Gasteiger partial charge in [0.1, 0.15) is 0 Å². The molecule has 3 N–H and O–H groups in total. The molecule has 1 aromatic rings. The predicted octanol–water partition coefficient (Wildman–Crippen LogP) is 2.67. The van der Waals surface area contributed by atoms with Crippen LogP contribution >= 0.6 is 23.4 Å². The molecule has 3 nitrogen and oxygen atoms in total. The third kappa shape index (κ3) is 4.98. The molecule has 0 saturated heterocycles. The molecule has 0 fully saturated rings. The predicted molar refractivity (Wildman–Crippen MR) is 75.8 cm³/mol. The maximum Gasteiger partial charge on any atom is 0.234 e. The number of aryl methyl sites for hydroxylation is 1. The van der Waals surface area contributed by atoms with E-state index < -0.39 is 0 Å². The van der Waals surface area contributed by atoms with Gasteiger partial charge in [0.25, 0.3) is 0 Å². The molecule has 0 heterocycles. The summed E-state index contributed by atoms with van der Waals surface area (Å²) >= 11 is 7.52. The van der Waals surface area contributed by atoms with Crippen LogP contribution in [0.5, 0.6) is 0 Å². The van der Waals surface area contributed by atoms with Crippen molar-refractivity contribution in [1.82, 2.24) is 0 Å². The van der Waals surface area contributed by atoms with Crippen LogP contribution in [0.4, 0.5) is 5.69 Å². The SMILES string of the molecule is Cc1ccc(NC(=O)CSC(C)CN)cc1Cl. The Balaban J connectivity index is 2.48. The van der Waals surface area contributed by atoms with Gasteiger partial charge < -0.3 is 11.1 Å². The Labute approximate surface area is 111 Å². The van der Waals surface area contributed by atoms with Crippen molar-refractivity contribution in [3.63, 3.8) is 0 Å². The molecule has 0 aliphatic carbocycles. The molecular formula is C12H17ClN2OS. The van der Waals surface area contributed by atoms with Crippen molar-refractivity contribution in [1.29, 1.82) is 0 Å². The number of hydrogen-bond acceptors (Lipinski definition) is 3. The van der Waals surface area contributed by atoms with E-state index in [4.69, 9.17) is 17.3 Å². The first-order valence-electron chi connectivity index (χ1n) is 5.40. The lowest BCUT2D eigenvalue weighted by atomic mass is 10.2. The number of rotatable bonds is 5. The summed E-state index contributed by atoms with van der Waals surface area (Å²) in [6.07, 6.45) is 0. The number of thioether (sulfide) groups is 1. The van der Waals surface area contributed by atoms with Crippen LogP contribution in [-0.4, -0.2) is 23.5 Å². The maximum absolute atomic E-state index is 11.6. The minimum atomic E-state index is -0.0322. The van der Waals surface area contributed by atoms with Crippen LogP contribution in [0.1, 0.15) is 12.5 Å². The number of benzene rings is 1. The van der Waals surface area contributed by atoms with Gasteiger partial charge in [-0.1, -0.05) is 24.6 Å². The van der Waals surface area contributed by atoms with E-state index in [1.807, 2.05) is 26.0 Å². The van der Waals surface area contributed by atoms with Crippen molar-refractivity contribution in [3.8, 4) is 0 Å². The molecule has 0 radical (unpaired) electrons. The first kappa shape index (κ1) is 14.4. The topological polar surface area (TPSA) is 55.1 Å². The van der Waals surface area contributed by atoms with Crippen molar-refractivity contribution < 1.29 is 4.79 Å². The average molecular weight is 273 g/mol. The van der Waals surface area contributed by atoms with Gasteiger partial charge in [-0.05, 0) is 24.6 Å². The molecule has 0 bridgehead atoms. The molecule has 94 valence electrons. The number of carbonyl (C=O) groups excluding carboxylic acids is 1. The third-order valence-corrected chi connectivity index (χ3v) is 3.88. The summed E-state index contributed by atoms with van der Waals surface area (Å²) < 4.78 is 0. The third-order valence-electron chi connectivity index (χ3n) is 2.29. The Kier molecular flexibility index (Phi) is 5.82. The van der Waals surface area contributed by atoms with Crippen molar-refractivity contribution in [2.24, 2.45) is 5.73 Å². The monoisotopic (exact) mass is 272 g/mol. The Hall–Kier alpha value is -0.710. The smallest absolute Gasteiger partial charge is 0.234 e. The van der Waals surface area contributed by atoms with Crippen LogP contribution in [0.15, 0.2) is 18.2 Å². The summed E-state index contributed by atoms with van der Waals surface area (Å²) in [7, 11) is 0. The molecule has 5 heteroatoms. The maximum atomic E-state index is 11.6. The van der Waals surface area contributed by atoms with Gasteiger partial charge in [-0.25, -0.2) is 0 Å². The molecule has 1 amide bonds. The van der Waals surface area contributed by atoms with Gasteiger partial charge in [0.05, 0.1) is 5.75 Å². The number of anilines is 1. The van der Waals surface area contributed by atoms with Gasteiger partial charge in [0.15, 0.2) is 0 Å². The second-order valence-corrected chi connectivity index (χ2v) is 5.70. The molecule has 0 aliphatic rings. The lowest BCUT2D eigenvalue weighted by Gasteiger charge is -2.09. The molecule has 17 heavy (non-hydrogen) atoms. The summed E-state index contributed by atoms with van der Waals surface area (Å²) in [4.78, 5) is 11.6. The molecule has 1 atom stereocenters. The highest BCUT2D eigenvalue weighted by Crippen LogP contribution is 2.20. The van der Waals surface area contributed by atoms with E-state index in [2.05, 4.69) is 5.32 Å². The van der Waals surface area contributed by atoms with Crippen LogP contribution in [-0.2, 0) is 4.79 Å². The van der Waals surface area contributed by atoms with Gasteiger partial charge in [-0.2, -0.15) is 0 Å². The van der Waals surface area contributed by atoms with E-state index in [0.29, 0.717) is 22.6 Å². The number of nitrogens with one attached hydrogen (secondary N) is 1. The largest absolute Gasteiger partial charge is 0.329 e. The first-order valence-corrected chi connectivity index (χ1v) is 6.83. The normalized spacial score (nSPS) is 12.2. The summed E-state index contributed by atoms with van der Waals surface area (Å²) in [5.74, 6) is 0.374. The minimum absolute atomic E-state index is 0.0322. The Morgan fingerprint density at radius 2 is 2.29 bits per heavy atom. The average Bonchev–Trinajstić information content (AvgIpc) is 2.31. The van der Waals surface area contributed by atoms with Crippen molar-refractivity contribution in [3.05, 3.63) is 28.8 Å². The van der Waals surface area contributed by atoms with E-state index in [1.165, 1.54) is 0 Å². The number of nitrogens with two attached hydrogens (primary N) is 1. The van der Waals surface area contributed by atoms with Crippen LogP contribution < -0.4 is 11.1 Å². The molecule has 1 unspecified atom stereocenters. The summed E-state index contributed by atoms with van der Waals surface area (Å²) in [5.41, 5.74) is 7.20. The summed E-state index contributed by atoms with van der Waals surface area (Å²) in [6, 6.07) is 5.48. The first-order chi connectivity index (χ1) is 8.02. The Morgan fingerprint density at radius 1 is 1.59 bits per heavy atom. The van der Waals surface area contributed by atoms with E-state index in [9.17, 15) is 4.79 Å². The zero-order valence-electron chi connectivity index (χ0n) is 10.00. The summed E-state index contributed by atoms with van der Waals surface area (Å²) in [6.45, 7) is 4.50. The number of carbonyl (C=O) groups is 1. The van der Waals surface area contributed by atoms with E-state index >= 15 is 0 Å². The van der Waals surface area contributed by atoms with E-state index in [1.54, 1.807) is 17.8 Å². The van der Waals surface area contributed by atoms with Crippen LogP contribution in [0.2, 0.25) is 5.02 Å². The summed E-state index contributed by atoms with van der Waals surface area (Å²) in [5, 5.41) is 3.76. The lowest BCUT2D eigenvalue weighted by Crippen LogP contribution is -2.19. The van der Waals surface area contributed by atoms with Crippen molar-refractivity contribution in [2.45, 2.75) is 19.1 Å². The minimum Gasteiger partial charge on any atom is -0.329 e. The highest BCUT2D eigenvalue weighted by Gasteiger charge is 2.06. The zero-order valence-corrected chi connectivity index (χ0v) is 11.6. The molecular weight excluding hydrogens is 256 g/mol. The van der Waals surface area contributed by atoms with Gasteiger partial charge in [-0.15, -0.1) is 11.8 Å². The van der Waals surface area contributed by atoms with Crippen LogP contribution in [0.3, 0.4) is 0 Å². The van der Waals surface area contributed by atoms with E-state index in [-0.39, 0.29) is 5.91 Å². The number of halogens is 1. The lowest BCUT2D eigenvalue weighted by molar-refractivity contribution is -0.113. The van der Waals surface area contributed by atoms with Gasteiger partial charge in [-0.3, -0.25) is 4.79 Å². The Bertz CT molecular complexity index is 398. The highest BCUT2D eigenvalue weighted by atomic mass is 35.5. The quantitative estimate of drug-likeness (QED) is 0.866. The second kappa shape index (κ2) is 6.89. The fourth-order valence-electron chi connectivity index (χ4n) is 1.15. The van der Waals surface area contributed by atoms with E-state index in [0.717, 1.165) is 11.3 Å². The van der Waals surface area contributed by atoms with Gasteiger partial charge in [0, 0.05) is 22.5 Å². The van der Waals surface area contributed by atoms with Crippen molar-refractivity contribution in [2.75, 3.05) is 17.6 Å². The molecule has 0 spiro atoms. The van der Waals surface area contributed by atoms with Gasteiger partial charge >= 0.3 is 0 Å². The van der Waals surface area contributed by atoms with Crippen LogP contribution in [0.25, 0.3) is 0 Å². The molecule has 0 saturated carbocycles. The highest BCUT2D eigenvalue weighted by molar-refractivity contribution is 8.00. The fraction of sp³-hybridized carbons (Fsp3) is 0.417. The molecule has 0 aromatic heterocycles. The number of amides is 1. The van der Waals surface area contributed by atoms with Crippen LogP contribution in [0, 0.1) is 6.92 Å². The standard InChI is InChI=1S/C12H17ClN2OS/c1-8-3-4-10(5-11(8)13)15-12(16)7-17-9(2)6-14/h3-5,9H,6-7,14H2,1-2H3,(H,15,16). The fourth-order valence-corrected chi connectivity index (χ4v) is 1.98.